The molecule has 1 rings (SSSR count). The summed E-state index contributed by atoms with van der Waals surface area (Å²) in [4.78, 5) is 48.1. The molecule has 0 aliphatic heterocycles. The first kappa shape index (κ1) is 29.1. The van der Waals surface area contributed by atoms with E-state index < -0.39 is 54.2 Å². The SMILES string of the molecule is C/C=C(/C)C(=O)O[C@H](C=C(C)C)C[C@H](C)[C@@H]1[C@@H](OC(C)=O)[C@@H](OC(C)=O)C(C)=C[C@H]1OC(C)=O. The molecule has 0 heterocycles. The molecule has 0 aromatic carbocycles. The lowest BCUT2D eigenvalue weighted by molar-refractivity contribution is -0.179. The number of allylic oxidation sites excluding steroid dienone is 2. The fourth-order valence-corrected chi connectivity index (χ4v) is 4.13. The third-order valence-electron chi connectivity index (χ3n) is 5.62. The van der Waals surface area contributed by atoms with Crippen LogP contribution in [0.15, 0.2) is 34.9 Å². The van der Waals surface area contributed by atoms with Crippen molar-refractivity contribution in [2.45, 2.75) is 93.2 Å². The second kappa shape index (κ2) is 13.1. The number of esters is 4. The van der Waals surface area contributed by atoms with Gasteiger partial charge in [-0.2, -0.15) is 0 Å². The quantitative estimate of drug-likeness (QED) is 0.210. The zero-order valence-electron chi connectivity index (χ0n) is 21.7. The zero-order chi connectivity index (χ0) is 26.2. The van der Waals surface area contributed by atoms with Crippen LogP contribution in [0.4, 0.5) is 0 Å². The Hall–Kier alpha value is -2.90. The maximum absolute atomic E-state index is 12.4. The molecule has 0 aromatic heterocycles. The molecule has 1 aliphatic carbocycles. The molecule has 0 bridgehead atoms. The Labute approximate surface area is 202 Å². The molecule has 0 unspecified atom stereocenters. The van der Waals surface area contributed by atoms with Gasteiger partial charge in [0.05, 0.1) is 0 Å². The van der Waals surface area contributed by atoms with Crippen LogP contribution >= 0.6 is 0 Å². The predicted octanol–water partition coefficient (Wildman–Crippen LogP) is 4.23. The van der Waals surface area contributed by atoms with Crippen molar-refractivity contribution in [3.63, 3.8) is 0 Å². The highest BCUT2D eigenvalue weighted by Gasteiger charge is 2.47. The summed E-state index contributed by atoms with van der Waals surface area (Å²) in [5.74, 6) is -2.81. The standard InChI is InChI=1S/C26H38O8/c1-10-15(4)26(30)34-21(11-14(2)3)12-16(5)23-22(31-18(7)27)13-17(6)24(32-19(8)28)25(23)33-20(9)29/h10-11,13,16,21-25H,12H2,1-9H3/b15-10-/t16-,21+,22+,23-,24-,25+/m0/s1. The zero-order valence-corrected chi connectivity index (χ0v) is 21.7. The number of hydrogen-bond donors (Lipinski definition) is 0. The van der Waals surface area contributed by atoms with Crippen LogP contribution in [-0.2, 0) is 38.1 Å². The highest BCUT2D eigenvalue weighted by Crippen LogP contribution is 2.38. The summed E-state index contributed by atoms with van der Waals surface area (Å²) in [6.45, 7) is 14.7. The minimum absolute atomic E-state index is 0.268. The van der Waals surface area contributed by atoms with Gasteiger partial charge in [0.25, 0.3) is 0 Å². The lowest BCUT2D eigenvalue weighted by Gasteiger charge is -2.42. The summed E-state index contributed by atoms with van der Waals surface area (Å²) >= 11 is 0. The van der Waals surface area contributed by atoms with Crippen LogP contribution in [0.5, 0.6) is 0 Å². The Morgan fingerprint density at radius 3 is 1.97 bits per heavy atom. The summed E-state index contributed by atoms with van der Waals surface area (Å²) in [5, 5.41) is 0. The van der Waals surface area contributed by atoms with Crippen LogP contribution in [0, 0.1) is 11.8 Å². The number of carbonyl (C=O) groups is 4. The van der Waals surface area contributed by atoms with E-state index in [0.717, 1.165) is 5.57 Å². The van der Waals surface area contributed by atoms with Gasteiger partial charge in [-0.1, -0.05) is 18.6 Å². The van der Waals surface area contributed by atoms with E-state index in [-0.39, 0.29) is 5.92 Å². The lowest BCUT2D eigenvalue weighted by Crippen LogP contribution is -2.52. The third-order valence-corrected chi connectivity index (χ3v) is 5.62. The molecular formula is C26H38O8. The maximum Gasteiger partial charge on any atom is 0.333 e. The van der Waals surface area contributed by atoms with E-state index in [9.17, 15) is 19.2 Å². The van der Waals surface area contributed by atoms with Crippen molar-refractivity contribution in [1.82, 2.24) is 0 Å². The average molecular weight is 479 g/mol. The molecule has 8 heteroatoms. The molecule has 0 amide bonds. The Kier molecular flexibility index (Phi) is 11.2. The Morgan fingerprint density at radius 2 is 1.50 bits per heavy atom. The highest BCUT2D eigenvalue weighted by atomic mass is 16.6. The van der Waals surface area contributed by atoms with Gasteiger partial charge in [0.1, 0.15) is 18.3 Å². The Balaban J connectivity index is 3.42. The van der Waals surface area contributed by atoms with Crippen LogP contribution in [-0.4, -0.2) is 48.3 Å². The van der Waals surface area contributed by atoms with E-state index in [1.807, 2.05) is 26.8 Å². The molecule has 34 heavy (non-hydrogen) atoms. The monoisotopic (exact) mass is 478 g/mol. The molecule has 0 fully saturated rings. The first-order valence-electron chi connectivity index (χ1n) is 11.5. The minimum atomic E-state index is -0.883. The van der Waals surface area contributed by atoms with Crippen LogP contribution in [0.3, 0.4) is 0 Å². The topological polar surface area (TPSA) is 105 Å². The summed E-state index contributed by atoms with van der Waals surface area (Å²) in [5.41, 5.74) is 2.07. The van der Waals surface area contributed by atoms with Gasteiger partial charge in [0.2, 0.25) is 0 Å². The summed E-state index contributed by atoms with van der Waals surface area (Å²) in [6, 6.07) is 0. The summed E-state index contributed by atoms with van der Waals surface area (Å²) in [7, 11) is 0. The molecule has 6 atom stereocenters. The van der Waals surface area contributed by atoms with E-state index in [4.69, 9.17) is 18.9 Å². The summed E-state index contributed by atoms with van der Waals surface area (Å²) < 4.78 is 22.4. The first-order valence-corrected chi connectivity index (χ1v) is 11.5. The number of carbonyl (C=O) groups excluding carboxylic acids is 4. The molecule has 190 valence electrons. The van der Waals surface area contributed by atoms with Gasteiger partial charge in [-0.05, 0) is 64.7 Å². The molecule has 0 saturated heterocycles. The van der Waals surface area contributed by atoms with Crippen LogP contribution < -0.4 is 0 Å². The van der Waals surface area contributed by atoms with E-state index in [2.05, 4.69) is 0 Å². The molecular weight excluding hydrogens is 440 g/mol. The van der Waals surface area contributed by atoms with Crippen molar-refractivity contribution in [1.29, 1.82) is 0 Å². The maximum atomic E-state index is 12.4. The fourth-order valence-electron chi connectivity index (χ4n) is 4.13. The van der Waals surface area contributed by atoms with Gasteiger partial charge in [-0.15, -0.1) is 0 Å². The van der Waals surface area contributed by atoms with Gasteiger partial charge in [0, 0.05) is 32.3 Å². The van der Waals surface area contributed by atoms with Crippen molar-refractivity contribution in [2.75, 3.05) is 0 Å². The fraction of sp³-hybridized carbons (Fsp3) is 0.615. The van der Waals surface area contributed by atoms with Gasteiger partial charge in [-0.3, -0.25) is 14.4 Å². The average Bonchev–Trinajstić information content (AvgIpc) is 2.68. The molecule has 0 saturated carbocycles. The number of ether oxygens (including phenoxy) is 4. The normalized spacial score (nSPS) is 24.1. The molecule has 0 aromatic rings. The van der Waals surface area contributed by atoms with E-state index in [1.54, 1.807) is 32.9 Å². The van der Waals surface area contributed by atoms with E-state index >= 15 is 0 Å². The van der Waals surface area contributed by atoms with Gasteiger partial charge in [-0.25, -0.2) is 4.79 Å². The van der Waals surface area contributed by atoms with Crippen molar-refractivity contribution in [3.05, 3.63) is 34.9 Å². The van der Waals surface area contributed by atoms with Crippen molar-refractivity contribution in [2.24, 2.45) is 11.8 Å². The minimum Gasteiger partial charge on any atom is -0.458 e. The van der Waals surface area contributed by atoms with Crippen molar-refractivity contribution < 1.29 is 38.1 Å². The molecule has 0 N–H and O–H groups in total. The Bertz CT molecular complexity index is 862. The van der Waals surface area contributed by atoms with Crippen LogP contribution in [0.1, 0.15) is 68.7 Å². The van der Waals surface area contributed by atoms with E-state index in [1.165, 1.54) is 20.8 Å². The number of hydrogen-bond acceptors (Lipinski definition) is 8. The van der Waals surface area contributed by atoms with Crippen molar-refractivity contribution >= 4 is 23.9 Å². The smallest absolute Gasteiger partial charge is 0.333 e. The largest absolute Gasteiger partial charge is 0.458 e. The van der Waals surface area contributed by atoms with Gasteiger partial charge >= 0.3 is 23.9 Å². The van der Waals surface area contributed by atoms with Crippen LogP contribution in [0.2, 0.25) is 0 Å². The molecule has 1 aliphatic rings. The van der Waals surface area contributed by atoms with Crippen LogP contribution in [0.25, 0.3) is 0 Å². The van der Waals surface area contributed by atoms with E-state index in [0.29, 0.717) is 17.6 Å². The Morgan fingerprint density at radius 1 is 0.941 bits per heavy atom. The van der Waals surface area contributed by atoms with Gasteiger partial charge < -0.3 is 18.9 Å². The second-order valence-corrected chi connectivity index (χ2v) is 9.04. The van der Waals surface area contributed by atoms with Crippen molar-refractivity contribution in [3.8, 4) is 0 Å². The molecule has 8 nitrogen and oxygen atoms in total. The lowest BCUT2D eigenvalue weighted by atomic mass is 9.74. The second-order valence-electron chi connectivity index (χ2n) is 9.04. The third kappa shape index (κ3) is 8.80. The molecule has 0 spiro atoms. The molecule has 0 radical (unpaired) electrons. The summed E-state index contributed by atoms with van der Waals surface area (Å²) in [6.07, 6.45) is 2.64. The van der Waals surface area contributed by atoms with Gasteiger partial charge in [0.15, 0.2) is 6.10 Å². The highest BCUT2D eigenvalue weighted by molar-refractivity contribution is 5.87. The number of rotatable bonds is 9. The predicted molar refractivity (Wildman–Crippen MR) is 126 cm³/mol. The first-order chi connectivity index (χ1) is 15.8.